The largest absolute Gasteiger partial charge is 0.405 e. The van der Waals surface area contributed by atoms with Gasteiger partial charge in [0.15, 0.2) is 0 Å². The fourth-order valence-corrected chi connectivity index (χ4v) is 0.905. The molecule has 0 aromatic heterocycles. The molecule has 54 valence electrons. The third kappa shape index (κ3) is 1.61. The van der Waals surface area contributed by atoms with Crippen LogP contribution in [-0.2, 0) is 0 Å². The average Bonchev–Trinajstić information content (AvgIpc) is 2.04. The Morgan fingerprint density at radius 2 is 2.09 bits per heavy atom. The van der Waals surface area contributed by atoms with Crippen molar-refractivity contribution in [3.63, 3.8) is 0 Å². The second-order valence-corrected chi connectivity index (χ2v) is 2.29. The van der Waals surface area contributed by atoms with Crippen LogP contribution in [0.5, 0.6) is 0 Å². The van der Waals surface area contributed by atoms with Gasteiger partial charge in [0.05, 0.1) is 0 Å². The molecule has 0 atom stereocenters. The van der Waals surface area contributed by atoms with Crippen molar-refractivity contribution in [1.82, 2.24) is 5.23 Å². The molecule has 1 aromatic rings. The molecule has 0 bridgehead atoms. The topological polar surface area (TPSA) is 29.1 Å². The van der Waals surface area contributed by atoms with Gasteiger partial charge in [0.2, 0.25) is 13.9 Å². The molecule has 2 nitrogen and oxygen atoms in total. The Bertz CT molecular complexity index is 273. The Morgan fingerprint density at radius 1 is 1.45 bits per heavy atom. The van der Waals surface area contributed by atoms with E-state index in [2.05, 4.69) is 5.23 Å². The molecule has 1 rings (SSSR count). The number of aryl methyl sites for hydroxylation is 1. The van der Waals surface area contributed by atoms with E-state index in [0.29, 0.717) is 5.56 Å². The summed E-state index contributed by atoms with van der Waals surface area (Å²) in [6.45, 7) is 1.87. The molecule has 2 radical (unpaired) electrons. The third-order valence-corrected chi connectivity index (χ3v) is 1.52. The summed E-state index contributed by atoms with van der Waals surface area (Å²) < 4.78 is 0. The smallest absolute Gasteiger partial charge is 0.238 e. The number of hydrogen-bond donors (Lipinski definition) is 1. The highest BCUT2D eigenvalue weighted by Gasteiger charge is 2.03. The maximum atomic E-state index is 11.0. The lowest BCUT2D eigenvalue weighted by molar-refractivity contribution is 0.0981. The van der Waals surface area contributed by atoms with Crippen molar-refractivity contribution in [1.29, 1.82) is 0 Å². The van der Waals surface area contributed by atoms with Crippen LogP contribution in [-0.4, -0.2) is 13.9 Å². The molecule has 0 heterocycles. The van der Waals surface area contributed by atoms with Crippen LogP contribution >= 0.6 is 0 Å². The molecule has 0 saturated heterocycles. The lowest BCUT2D eigenvalue weighted by Gasteiger charge is -2.02. The lowest BCUT2D eigenvalue weighted by atomic mass is 10.1. The van der Waals surface area contributed by atoms with Crippen LogP contribution in [0.25, 0.3) is 0 Å². The van der Waals surface area contributed by atoms with Gasteiger partial charge in [0.25, 0.3) is 0 Å². The maximum Gasteiger partial charge on any atom is 0.238 e. The standard InChI is InChI=1S/C8H8BNO/c1-6-4-2-3-5-7(6)8(11)10-9/h2-5H,1H3,(H,10,11). The maximum absolute atomic E-state index is 11.0. The van der Waals surface area contributed by atoms with Gasteiger partial charge in [-0.25, -0.2) is 0 Å². The number of carbonyl (C=O) groups excluding carboxylic acids is 1. The Kier molecular flexibility index (Phi) is 2.31. The van der Waals surface area contributed by atoms with Gasteiger partial charge >= 0.3 is 0 Å². The predicted octanol–water partition coefficient (Wildman–Crippen LogP) is 0.808. The van der Waals surface area contributed by atoms with E-state index in [1.54, 1.807) is 12.1 Å². The Morgan fingerprint density at radius 3 is 2.64 bits per heavy atom. The molecule has 0 saturated carbocycles. The van der Waals surface area contributed by atoms with Gasteiger partial charge in [0, 0.05) is 5.56 Å². The van der Waals surface area contributed by atoms with E-state index in [1.165, 1.54) is 0 Å². The molecular formula is C8H8BNO. The molecule has 0 aliphatic carbocycles. The number of benzene rings is 1. The van der Waals surface area contributed by atoms with Crippen LogP contribution in [0.4, 0.5) is 0 Å². The molecule has 0 unspecified atom stereocenters. The van der Waals surface area contributed by atoms with E-state index in [9.17, 15) is 4.79 Å². The van der Waals surface area contributed by atoms with E-state index >= 15 is 0 Å². The van der Waals surface area contributed by atoms with Crippen LogP contribution in [0.2, 0.25) is 0 Å². The molecular weight excluding hydrogens is 137 g/mol. The number of hydrogen-bond acceptors (Lipinski definition) is 1. The van der Waals surface area contributed by atoms with Crippen LogP contribution in [0.15, 0.2) is 24.3 Å². The van der Waals surface area contributed by atoms with Crippen molar-refractivity contribution in [2.24, 2.45) is 0 Å². The van der Waals surface area contributed by atoms with Crippen molar-refractivity contribution in [3.05, 3.63) is 35.4 Å². The molecule has 0 aliphatic rings. The van der Waals surface area contributed by atoms with Crippen LogP contribution in [0.1, 0.15) is 15.9 Å². The van der Waals surface area contributed by atoms with Crippen LogP contribution in [0.3, 0.4) is 0 Å². The number of rotatable bonds is 1. The Hall–Kier alpha value is -1.25. The number of amides is 1. The minimum atomic E-state index is -0.247. The number of carbonyl (C=O) groups is 1. The molecule has 3 heteroatoms. The van der Waals surface area contributed by atoms with E-state index in [-0.39, 0.29) is 5.91 Å². The highest BCUT2D eigenvalue weighted by molar-refractivity contribution is 6.18. The summed E-state index contributed by atoms with van der Waals surface area (Å²) in [5, 5.41) is 2.08. The lowest BCUT2D eigenvalue weighted by Crippen LogP contribution is -2.20. The van der Waals surface area contributed by atoms with Crippen molar-refractivity contribution in [3.8, 4) is 0 Å². The molecule has 1 N–H and O–H groups in total. The zero-order chi connectivity index (χ0) is 8.27. The fourth-order valence-electron chi connectivity index (χ4n) is 0.905. The summed E-state index contributed by atoms with van der Waals surface area (Å²) in [6.07, 6.45) is 0. The van der Waals surface area contributed by atoms with Crippen molar-refractivity contribution in [2.45, 2.75) is 6.92 Å². The van der Waals surface area contributed by atoms with Crippen LogP contribution < -0.4 is 5.23 Å². The van der Waals surface area contributed by atoms with E-state index in [1.807, 2.05) is 19.1 Å². The highest BCUT2D eigenvalue weighted by Crippen LogP contribution is 2.05. The third-order valence-electron chi connectivity index (χ3n) is 1.52. The van der Waals surface area contributed by atoms with Gasteiger partial charge in [0.1, 0.15) is 0 Å². The SMILES string of the molecule is [B]NC(=O)c1ccccc1C. The van der Waals surface area contributed by atoms with Gasteiger partial charge in [-0.3, -0.25) is 4.79 Å². The molecule has 0 spiro atoms. The monoisotopic (exact) mass is 145 g/mol. The highest BCUT2D eigenvalue weighted by atomic mass is 16.1. The first-order valence-corrected chi connectivity index (χ1v) is 3.32. The summed E-state index contributed by atoms with van der Waals surface area (Å²) in [4.78, 5) is 11.0. The van der Waals surface area contributed by atoms with Gasteiger partial charge in [-0.05, 0) is 18.6 Å². The first kappa shape index (κ1) is 7.86. The predicted molar refractivity (Wildman–Crippen MR) is 44.4 cm³/mol. The zero-order valence-electron chi connectivity index (χ0n) is 6.29. The van der Waals surface area contributed by atoms with Gasteiger partial charge < -0.3 is 5.23 Å². The first-order valence-electron chi connectivity index (χ1n) is 3.32. The van der Waals surface area contributed by atoms with E-state index < -0.39 is 0 Å². The molecule has 0 aliphatic heterocycles. The Balaban J connectivity index is 3.03. The normalized spacial score (nSPS) is 9.18. The quantitative estimate of drug-likeness (QED) is 0.582. The van der Waals surface area contributed by atoms with Crippen molar-refractivity contribution >= 4 is 13.9 Å². The first-order chi connectivity index (χ1) is 5.25. The van der Waals surface area contributed by atoms with Crippen molar-refractivity contribution in [2.75, 3.05) is 0 Å². The summed E-state index contributed by atoms with van der Waals surface area (Å²) in [6, 6.07) is 7.28. The van der Waals surface area contributed by atoms with E-state index in [4.69, 9.17) is 7.98 Å². The van der Waals surface area contributed by atoms with E-state index in [0.717, 1.165) is 5.56 Å². The Labute approximate surface area is 67.0 Å². The molecule has 1 amide bonds. The minimum Gasteiger partial charge on any atom is -0.405 e. The van der Waals surface area contributed by atoms with Gasteiger partial charge in [-0.1, -0.05) is 18.2 Å². The number of nitrogens with one attached hydrogen (secondary N) is 1. The summed E-state index contributed by atoms with van der Waals surface area (Å²) >= 11 is 0. The minimum absolute atomic E-state index is 0.247. The molecule has 11 heavy (non-hydrogen) atoms. The zero-order valence-corrected chi connectivity index (χ0v) is 6.29. The van der Waals surface area contributed by atoms with Gasteiger partial charge in [-0.2, -0.15) is 0 Å². The average molecular weight is 145 g/mol. The van der Waals surface area contributed by atoms with Crippen molar-refractivity contribution < 1.29 is 4.79 Å². The second kappa shape index (κ2) is 3.24. The molecule has 1 aromatic carbocycles. The summed E-state index contributed by atoms with van der Waals surface area (Å²) in [5.41, 5.74) is 1.55. The summed E-state index contributed by atoms with van der Waals surface area (Å²) in [7, 11) is 4.97. The second-order valence-electron chi connectivity index (χ2n) is 2.29. The van der Waals surface area contributed by atoms with Crippen LogP contribution in [0, 0.1) is 6.92 Å². The van der Waals surface area contributed by atoms with Gasteiger partial charge in [-0.15, -0.1) is 0 Å². The summed E-state index contributed by atoms with van der Waals surface area (Å²) in [5.74, 6) is -0.247. The fraction of sp³-hybridized carbons (Fsp3) is 0.125. The molecule has 0 fully saturated rings.